The number of nitrogens with zero attached hydrogens (tertiary/aromatic N) is 3. The Kier molecular flexibility index (Phi) is 4.01. The molecule has 0 bridgehead atoms. The van der Waals surface area contributed by atoms with E-state index in [0.717, 1.165) is 25.3 Å². The predicted octanol–water partition coefficient (Wildman–Crippen LogP) is 1.58. The average Bonchev–Trinajstić information content (AvgIpc) is 2.99. The van der Waals surface area contributed by atoms with E-state index in [1.807, 2.05) is 10.8 Å². The van der Waals surface area contributed by atoms with Crippen molar-refractivity contribution in [3.05, 3.63) is 48.5 Å². The third kappa shape index (κ3) is 3.31. The Labute approximate surface area is 124 Å². The van der Waals surface area contributed by atoms with Crippen molar-refractivity contribution in [2.75, 3.05) is 13.1 Å². The second kappa shape index (κ2) is 6.10. The molecule has 1 aromatic heterocycles. The van der Waals surface area contributed by atoms with Crippen molar-refractivity contribution in [1.82, 2.24) is 19.8 Å². The number of carbonyl (C=O) groups is 1. The second-order valence-corrected chi connectivity index (χ2v) is 5.51. The molecule has 1 aliphatic heterocycles. The van der Waals surface area contributed by atoms with Crippen LogP contribution in [0.25, 0.3) is 5.69 Å². The highest BCUT2D eigenvalue weighted by atomic mass is 16.1. The molecule has 3 rings (SSSR count). The van der Waals surface area contributed by atoms with Gasteiger partial charge in [-0.1, -0.05) is 12.1 Å². The zero-order valence-electron chi connectivity index (χ0n) is 12.2. The van der Waals surface area contributed by atoms with Crippen molar-refractivity contribution in [1.29, 1.82) is 0 Å². The fraction of sp³-hybridized carbons (Fsp3) is 0.375. The molecule has 0 radical (unpaired) electrons. The number of aromatic nitrogens is 2. The van der Waals surface area contributed by atoms with Gasteiger partial charge in [0, 0.05) is 50.2 Å². The van der Waals surface area contributed by atoms with E-state index in [1.165, 1.54) is 5.56 Å². The van der Waals surface area contributed by atoms with Crippen LogP contribution in [0.15, 0.2) is 43.0 Å². The molecule has 2 heterocycles. The first-order valence-corrected chi connectivity index (χ1v) is 7.30. The normalized spacial score (nSPS) is 20.0. The summed E-state index contributed by atoms with van der Waals surface area (Å²) in [7, 11) is 0. The number of carbonyl (C=O) groups excluding carboxylic acids is 1. The van der Waals surface area contributed by atoms with Crippen LogP contribution >= 0.6 is 0 Å². The molecule has 1 aromatic carbocycles. The largest absolute Gasteiger partial charge is 0.355 e. The van der Waals surface area contributed by atoms with Gasteiger partial charge < -0.3 is 9.88 Å². The summed E-state index contributed by atoms with van der Waals surface area (Å²) in [6.07, 6.45) is 6.08. The van der Waals surface area contributed by atoms with Crippen LogP contribution in [-0.4, -0.2) is 39.5 Å². The minimum atomic E-state index is 0.153. The number of nitrogens with one attached hydrogen (secondary N) is 1. The maximum Gasteiger partial charge on any atom is 0.221 e. The van der Waals surface area contributed by atoms with Gasteiger partial charge in [0.25, 0.3) is 0 Å². The van der Waals surface area contributed by atoms with Gasteiger partial charge >= 0.3 is 0 Å². The summed E-state index contributed by atoms with van der Waals surface area (Å²) in [5.74, 6) is 0.153. The molecule has 1 N–H and O–H groups in total. The van der Waals surface area contributed by atoms with Crippen LogP contribution in [0.1, 0.15) is 18.9 Å². The molecule has 1 aliphatic rings. The number of benzene rings is 1. The number of hydrogen-bond donors (Lipinski definition) is 1. The first-order chi connectivity index (χ1) is 10.2. The summed E-state index contributed by atoms with van der Waals surface area (Å²) in [4.78, 5) is 17.9. The number of amides is 1. The third-order valence-corrected chi connectivity index (χ3v) is 3.97. The highest BCUT2D eigenvalue weighted by molar-refractivity contribution is 5.76. The Bertz CT molecular complexity index is 591. The van der Waals surface area contributed by atoms with Gasteiger partial charge in [0.1, 0.15) is 0 Å². The van der Waals surface area contributed by atoms with E-state index in [2.05, 4.69) is 46.4 Å². The van der Waals surface area contributed by atoms with Gasteiger partial charge in [-0.25, -0.2) is 4.98 Å². The van der Waals surface area contributed by atoms with E-state index >= 15 is 0 Å². The third-order valence-electron chi connectivity index (χ3n) is 3.97. The maximum absolute atomic E-state index is 11.5. The van der Waals surface area contributed by atoms with Crippen LogP contribution in [0.2, 0.25) is 0 Å². The summed E-state index contributed by atoms with van der Waals surface area (Å²) in [5.41, 5.74) is 2.37. The summed E-state index contributed by atoms with van der Waals surface area (Å²) >= 11 is 0. The van der Waals surface area contributed by atoms with Crippen LogP contribution < -0.4 is 5.32 Å². The fourth-order valence-corrected chi connectivity index (χ4v) is 2.60. The molecule has 5 nitrogen and oxygen atoms in total. The van der Waals surface area contributed by atoms with E-state index in [9.17, 15) is 4.79 Å². The van der Waals surface area contributed by atoms with Crippen molar-refractivity contribution in [3.63, 3.8) is 0 Å². The minimum Gasteiger partial charge on any atom is -0.355 e. The number of hydrogen-bond acceptors (Lipinski definition) is 3. The van der Waals surface area contributed by atoms with Crippen molar-refractivity contribution in [2.45, 2.75) is 25.9 Å². The number of imidazole rings is 1. The average molecular weight is 284 g/mol. The zero-order chi connectivity index (χ0) is 14.7. The van der Waals surface area contributed by atoms with E-state index in [-0.39, 0.29) is 5.91 Å². The van der Waals surface area contributed by atoms with Crippen LogP contribution in [-0.2, 0) is 11.3 Å². The Morgan fingerprint density at radius 2 is 2.14 bits per heavy atom. The molecule has 0 aliphatic carbocycles. The lowest BCUT2D eigenvalue weighted by atomic mass is 10.1. The Balaban J connectivity index is 1.68. The van der Waals surface area contributed by atoms with E-state index < -0.39 is 0 Å². The second-order valence-electron chi connectivity index (χ2n) is 5.51. The predicted molar refractivity (Wildman–Crippen MR) is 81.1 cm³/mol. The molecule has 0 spiro atoms. The highest BCUT2D eigenvalue weighted by Crippen LogP contribution is 2.14. The molecule has 1 atom stereocenters. The van der Waals surface area contributed by atoms with Gasteiger partial charge in [-0.2, -0.15) is 0 Å². The van der Waals surface area contributed by atoms with Crippen LogP contribution in [0.3, 0.4) is 0 Å². The SMILES string of the molecule is CC1CNC(=O)CCN1Cc1ccc(-n2ccnc2)cc1. The van der Waals surface area contributed by atoms with Gasteiger partial charge in [0.2, 0.25) is 5.91 Å². The standard InChI is InChI=1S/C16H20N4O/c1-13-10-18-16(21)6-8-19(13)11-14-2-4-15(5-3-14)20-9-7-17-12-20/h2-5,7,9,12-13H,6,8,10-11H2,1H3,(H,18,21). The Morgan fingerprint density at radius 1 is 1.33 bits per heavy atom. The number of rotatable bonds is 3. The first kappa shape index (κ1) is 13.8. The monoisotopic (exact) mass is 284 g/mol. The van der Waals surface area contributed by atoms with Crippen LogP contribution in [0, 0.1) is 0 Å². The molecule has 1 saturated heterocycles. The van der Waals surface area contributed by atoms with Crippen molar-refractivity contribution in [2.24, 2.45) is 0 Å². The summed E-state index contributed by atoms with van der Waals surface area (Å²) < 4.78 is 1.99. The lowest BCUT2D eigenvalue weighted by Gasteiger charge is -2.26. The van der Waals surface area contributed by atoms with Gasteiger partial charge in [-0.3, -0.25) is 9.69 Å². The van der Waals surface area contributed by atoms with Gasteiger partial charge in [-0.15, -0.1) is 0 Å². The van der Waals surface area contributed by atoms with Crippen molar-refractivity contribution >= 4 is 5.91 Å². The van der Waals surface area contributed by atoms with Crippen molar-refractivity contribution < 1.29 is 4.79 Å². The molecule has 1 amide bonds. The molecule has 110 valence electrons. The highest BCUT2D eigenvalue weighted by Gasteiger charge is 2.19. The van der Waals surface area contributed by atoms with Crippen LogP contribution in [0.4, 0.5) is 0 Å². The minimum absolute atomic E-state index is 0.153. The molecule has 1 fully saturated rings. The first-order valence-electron chi connectivity index (χ1n) is 7.30. The summed E-state index contributed by atoms with van der Waals surface area (Å²) in [6, 6.07) is 8.85. The molecule has 0 saturated carbocycles. The van der Waals surface area contributed by atoms with Gasteiger partial charge in [0.05, 0.1) is 6.33 Å². The lowest BCUT2D eigenvalue weighted by Crippen LogP contribution is -2.37. The molecule has 21 heavy (non-hydrogen) atoms. The molecule has 5 heteroatoms. The van der Waals surface area contributed by atoms with E-state index in [4.69, 9.17) is 0 Å². The molecular weight excluding hydrogens is 264 g/mol. The van der Waals surface area contributed by atoms with E-state index in [1.54, 1.807) is 12.5 Å². The van der Waals surface area contributed by atoms with E-state index in [0.29, 0.717) is 12.5 Å². The lowest BCUT2D eigenvalue weighted by molar-refractivity contribution is -0.120. The van der Waals surface area contributed by atoms with Gasteiger partial charge in [-0.05, 0) is 24.6 Å². The Morgan fingerprint density at radius 3 is 2.86 bits per heavy atom. The molecular formula is C16H20N4O. The van der Waals surface area contributed by atoms with Gasteiger partial charge in [0.15, 0.2) is 0 Å². The molecule has 2 aromatic rings. The smallest absolute Gasteiger partial charge is 0.221 e. The van der Waals surface area contributed by atoms with Crippen molar-refractivity contribution in [3.8, 4) is 5.69 Å². The fourth-order valence-electron chi connectivity index (χ4n) is 2.60. The zero-order valence-corrected chi connectivity index (χ0v) is 12.2. The molecule has 1 unspecified atom stereocenters. The maximum atomic E-state index is 11.5. The van der Waals surface area contributed by atoms with Crippen LogP contribution in [0.5, 0.6) is 0 Å². The summed E-state index contributed by atoms with van der Waals surface area (Å²) in [5, 5.41) is 2.95. The summed E-state index contributed by atoms with van der Waals surface area (Å²) in [6.45, 7) is 4.58. The quantitative estimate of drug-likeness (QED) is 0.931. The topological polar surface area (TPSA) is 50.2 Å². The Hall–Kier alpha value is -2.14.